The van der Waals surface area contributed by atoms with Crippen molar-refractivity contribution in [2.75, 3.05) is 19.8 Å². The first-order chi connectivity index (χ1) is 9.51. The maximum atomic E-state index is 11.2. The van der Waals surface area contributed by atoms with Gasteiger partial charge in [-0.05, 0) is 12.8 Å². The Morgan fingerprint density at radius 1 is 1.25 bits per heavy atom. The average Bonchev–Trinajstić information content (AvgIpc) is 2.41. The molecule has 1 saturated heterocycles. The molecule has 0 aromatic carbocycles. The largest absolute Gasteiger partial charge is 0.394 e. The zero-order valence-electron chi connectivity index (χ0n) is 12.0. The van der Waals surface area contributed by atoms with E-state index in [-0.39, 0.29) is 5.91 Å². The summed E-state index contributed by atoms with van der Waals surface area (Å²) in [7, 11) is 0. The minimum absolute atomic E-state index is 0.313. The molecule has 1 amide bonds. The van der Waals surface area contributed by atoms with Gasteiger partial charge in [0.05, 0.1) is 18.8 Å². The fourth-order valence-corrected chi connectivity index (χ4v) is 2.30. The van der Waals surface area contributed by atoms with Gasteiger partial charge >= 0.3 is 0 Å². The molecule has 5 unspecified atom stereocenters. The molecule has 0 aromatic rings. The number of rotatable bonds is 7. The summed E-state index contributed by atoms with van der Waals surface area (Å²) in [6, 6.07) is -0.712. The first-order valence-electron chi connectivity index (χ1n) is 6.98. The van der Waals surface area contributed by atoms with Gasteiger partial charge in [0.25, 0.3) is 0 Å². The van der Waals surface area contributed by atoms with Crippen LogP contribution >= 0.6 is 0 Å². The van der Waals surface area contributed by atoms with E-state index in [1.807, 2.05) is 6.92 Å². The molecule has 7 nitrogen and oxygen atoms in total. The first kappa shape index (κ1) is 17.3. The minimum atomic E-state index is -1.23. The highest BCUT2D eigenvalue weighted by molar-refractivity contribution is 5.73. The Kier molecular flexibility index (Phi) is 7.39. The first-order valence-corrected chi connectivity index (χ1v) is 6.98. The molecule has 7 heteroatoms. The van der Waals surface area contributed by atoms with Gasteiger partial charge in [0.1, 0.15) is 18.3 Å². The van der Waals surface area contributed by atoms with E-state index in [9.17, 15) is 15.0 Å². The van der Waals surface area contributed by atoms with Gasteiger partial charge in [-0.2, -0.15) is 0 Å². The fourth-order valence-electron chi connectivity index (χ4n) is 2.30. The number of carbonyl (C=O) groups excluding carboxylic acids is 1. The zero-order valence-corrected chi connectivity index (χ0v) is 12.0. The number of aliphatic hydroxyl groups excluding tert-OH is 3. The summed E-state index contributed by atoms with van der Waals surface area (Å²) in [5.41, 5.74) is 0. The van der Waals surface area contributed by atoms with Crippen molar-refractivity contribution in [2.24, 2.45) is 0 Å². The summed E-state index contributed by atoms with van der Waals surface area (Å²) in [6.45, 7) is 4.00. The van der Waals surface area contributed by atoms with Crippen LogP contribution in [0, 0.1) is 0 Å². The van der Waals surface area contributed by atoms with Gasteiger partial charge in [0.15, 0.2) is 0 Å². The van der Waals surface area contributed by atoms with E-state index < -0.39 is 37.1 Å². The number of amides is 1. The molecule has 0 spiro atoms. The number of nitrogens with one attached hydrogen (secondary N) is 1. The Morgan fingerprint density at radius 3 is 2.50 bits per heavy atom. The molecule has 5 atom stereocenters. The summed E-state index contributed by atoms with van der Waals surface area (Å²) < 4.78 is 10.9. The van der Waals surface area contributed by atoms with Crippen LogP contribution in [0.15, 0.2) is 0 Å². The molecule has 0 aromatic heterocycles. The molecule has 20 heavy (non-hydrogen) atoms. The van der Waals surface area contributed by atoms with Crippen LogP contribution in [-0.4, -0.2) is 71.5 Å². The lowest BCUT2D eigenvalue weighted by Crippen LogP contribution is -2.64. The normalized spacial score (nSPS) is 34.0. The Balaban J connectivity index is 2.65. The molecular weight excluding hydrogens is 266 g/mol. The van der Waals surface area contributed by atoms with Crippen LogP contribution in [0.3, 0.4) is 0 Å². The second-order valence-electron chi connectivity index (χ2n) is 5.00. The summed E-state index contributed by atoms with van der Waals surface area (Å²) in [6.07, 6.45) is -2.41. The third-order valence-corrected chi connectivity index (χ3v) is 3.29. The molecule has 1 aliphatic rings. The number of aliphatic hydroxyl groups is 3. The van der Waals surface area contributed by atoms with Crippen LogP contribution in [0.1, 0.15) is 26.7 Å². The van der Waals surface area contributed by atoms with Gasteiger partial charge in [-0.3, -0.25) is 4.79 Å². The highest BCUT2D eigenvalue weighted by Gasteiger charge is 2.44. The molecule has 0 radical (unpaired) electrons. The molecule has 1 fully saturated rings. The number of hydrogen-bond acceptors (Lipinski definition) is 6. The van der Waals surface area contributed by atoms with Gasteiger partial charge in [0.2, 0.25) is 5.91 Å². The molecule has 0 saturated carbocycles. The van der Waals surface area contributed by atoms with E-state index in [2.05, 4.69) is 5.32 Å². The zero-order chi connectivity index (χ0) is 15.1. The van der Waals surface area contributed by atoms with Crippen molar-refractivity contribution in [1.82, 2.24) is 5.32 Å². The van der Waals surface area contributed by atoms with Crippen molar-refractivity contribution in [2.45, 2.75) is 57.1 Å². The summed E-state index contributed by atoms with van der Waals surface area (Å²) in [5.74, 6) is -0.313. The van der Waals surface area contributed by atoms with Gasteiger partial charge < -0.3 is 30.1 Å². The maximum Gasteiger partial charge on any atom is 0.217 e. The second kappa shape index (κ2) is 8.53. The van der Waals surface area contributed by atoms with Crippen molar-refractivity contribution in [3.63, 3.8) is 0 Å². The van der Waals surface area contributed by atoms with Crippen molar-refractivity contribution in [3.05, 3.63) is 0 Å². The molecule has 0 bridgehead atoms. The number of hydrogen-bond donors (Lipinski definition) is 4. The standard InChI is InChI=1S/C13H25NO6/c1-3-5-19-6-4-9-11(14-8(2)16)13(18)12(17)10(7-15)20-9/h9-13,15,17-18H,3-7H2,1-2H3,(H,14,16). The van der Waals surface area contributed by atoms with Crippen LogP contribution in [0.4, 0.5) is 0 Å². The van der Waals surface area contributed by atoms with E-state index in [0.29, 0.717) is 19.6 Å². The lowest BCUT2D eigenvalue weighted by Gasteiger charge is -2.42. The Labute approximate surface area is 118 Å². The molecule has 4 N–H and O–H groups in total. The SMILES string of the molecule is CCCOCCC1OC(CO)C(O)C(O)C1NC(C)=O. The molecule has 0 aliphatic carbocycles. The molecule has 1 heterocycles. The monoisotopic (exact) mass is 291 g/mol. The number of carbonyl (C=O) groups is 1. The van der Waals surface area contributed by atoms with E-state index in [0.717, 1.165) is 6.42 Å². The quantitative estimate of drug-likeness (QED) is 0.438. The fraction of sp³-hybridized carbons (Fsp3) is 0.923. The van der Waals surface area contributed by atoms with Crippen molar-refractivity contribution in [3.8, 4) is 0 Å². The van der Waals surface area contributed by atoms with Gasteiger partial charge in [-0.25, -0.2) is 0 Å². The van der Waals surface area contributed by atoms with E-state index in [1.165, 1.54) is 6.92 Å². The summed E-state index contributed by atoms with van der Waals surface area (Å²) in [4.78, 5) is 11.2. The Hall–Kier alpha value is -0.730. The lowest BCUT2D eigenvalue weighted by molar-refractivity contribution is -0.198. The van der Waals surface area contributed by atoms with Crippen LogP contribution in [-0.2, 0) is 14.3 Å². The Morgan fingerprint density at radius 2 is 1.95 bits per heavy atom. The predicted molar refractivity (Wildman–Crippen MR) is 71.1 cm³/mol. The predicted octanol–water partition coefficient (Wildman–Crippen LogP) is -1.21. The van der Waals surface area contributed by atoms with E-state index >= 15 is 0 Å². The third kappa shape index (κ3) is 4.68. The van der Waals surface area contributed by atoms with Crippen molar-refractivity contribution >= 4 is 5.91 Å². The van der Waals surface area contributed by atoms with Gasteiger partial charge in [-0.1, -0.05) is 6.92 Å². The molecule has 118 valence electrons. The maximum absolute atomic E-state index is 11.2. The van der Waals surface area contributed by atoms with Crippen LogP contribution < -0.4 is 5.32 Å². The number of ether oxygens (including phenoxy) is 2. The van der Waals surface area contributed by atoms with Gasteiger partial charge in [-0.15, -0.1) is 0 Å². The highest BCUT2D eigenvalue weighted by Crippen LogP contribution is 2.23. The van der Waals surface area contributed by atoms with Crippen molar-refractivity contribution < 1.29 is 29.6 Å². The molecule has 1 aliphatic heterocycles. The van der Waals surface area contributed by atoms with Gasteiger partial charge in [0, 0.05) is 20.1 Å². The van der Waals surface area contributed by atoms with Crippen molar-refractivity contribution in [1.29, 1.82) is 0 Å². The lowest BCUT2D eigenvalue weighted by atomic mass is 9.91. The van der Waals surface area contributed by atoms with Crippen LogP contribution in [0.25, 0.3) is 0 Å². The van der Waals surface area contributed by atoms with E-state index in [1.54, 1.807) is 0 Å². The summed E-state index contributed by atoms with van der Waals surface area (Å²) >= 11 is 0. The second-order valence-corrected chi connectivity index (χ2v) is 5.00. The average molecular weight is 291 g/mol. The molecule has 1 rings (SSSR count). The van der Waals surface area contributed by atoms with E-state index in [4.69, 9.17) is 14.6 Å². The minimum Gasteiger partial charge on any atom is -0.394 e. The summed E-state index contributed by atoms with van der Waals surface area (Å²) in [5, 5.41) is 31.6. The topological polar surface area (TPSA) is 108 Å². The van der Waals surface area contributed by atoms with Crippen LogP contribution in [0.5, 0.6) is 0 Å². The highest BCUT2D eigenvalue weighted by atomic mass is 16.5. The Bertz CT molecular complexity index is 301. The third-order valence-electron chi connectivity index (χ3n) is 3.29. The smallest absolute Gasteiger partial charge is 0.217 e. The van der Waals surface area contributed by atoms with Crippen LogP contribution in [0.2, 0.25) is 0 Å². The molecular formula is C13H25NO6.